The molecule has 2 aromatic carbocycles. The lowest BCUT2D eigenvalue weighted by Crippen LogP contribution is -2.49. The third kappa shape index (κ3) is 4.02. The van der Waals surface area contributed by atoms with Gasteiger partial charge >= 0.3 is 0 Å². The van der Waals surface area contributed by atoms with Crippen LogP contribution in [-0.4, -0.2) is 56.7 Å². The number of piperazine rings is 1. The lowest BCUT2D eigenvalue weighted by atomic mass is 10.1. The molecule has 0 unspecified atom stereocenters. The molecule has 2 aromatic heterocycles. The molecule has 1 fully saturated rings. The van der Waals surface area contributed by atoms with Gasteiger partial charge in [0, 0.05) is 38.2 Å². The molecular weight excluding hydrogens is 443 g/mol. The molecular formula is C24H22ClFN6O. The van der Waals surface area contributed by atoms with Gasteiger partial charge in [0.05, 0.1) is 22.3 Å². The topological polar surface area (TPSA) is 67.2 Å². The molecule has 4 aromatic rings. The molecule has 7 nitrogen and oxygen atoms in total. The predicted octanol–water partition coefficient (Wildman–Crippen LogP) is 4.13. The Balaban J connectivity index is 1.44. The number of fused-ring (bicyclic) bond motifs is 1. The molecule has 3 heterocycles. The van der Waals surface area contributed by atoms with Crippen molar-refractivity contribution in [2.45, 2.75) is 13.3 Å². The molecule has 0 saturated carbocycles. The van der Waals surface area contributed by atoms with Crippen molar-refractivity contribution in [1.82, 2.24) is 24.6 Å². The third-order valence-electron chi connectivity index (χ3n) is 5.79. The molecule has 5 rings (SSSR count). The molecule has 0 aliphatic carbocycles. The maximum Gasteiger partial charge on any atom is 0.254 e. The number of hydrogen-bond donors (Lipinski definition) is 0. The first-order chi connectivity index (χ1) is 16.0. The van der Waals surface area contributed by atoms with Gasteiger partial charge in [0.1, 0.15) is 17.5 Å². The van der Waals surface area contributed by atoms with E-state index in [4.69, 9.17) is 21.6 Å². The maximum atomic E-state index is 13.5. The number of aryl methyl sites for hydroxylation is 1. The number of anilines is 1. The molecule has 0 radical (unpaired) electrons. The highest BCUT2D eigenvalue weighted by Gasteiger charge is 2.26. The quantitative estimate of drug-likeness (QED) is 0.454. The summed E-state index contributed by atoms with van der Waals surface area (Å²) in [6.07, 6.45) is 2.44. The van der Waals surface area contributed by atoms with E-state index in [1.54, 1.807) is 27.9 Å². The molecule has 0 N–H and O–H groups in total. The number of halogens is 2. The summed E-state index contributed by atoms with van der Waals surface area (Å²) in [5.41, 5.74) is 1.82. The molecule has 168 valence electrons. The van der Waals surface area contributed by atoms with Crippen molar-refractivity contribution in [3.63, 3.8) is 0 Å². The third-order valence-corrected chi connectivity index (χ3v) is 6.11. The number of carbonyl (C=O) groups excluding carboxylic acids is 1. The van der Waals surface area contributed by atoms with Crippen LogP contribution >= 0.6 is 11.6 Å². The van der Waals surface area contributed by atoms with Crippen LogP contribution in [0.15, 0.2) is 54.7 Å². The largest absolute Gasteiger partial charge is 0.352 e. The van der Waals surface area contributed by atoms with E-state index in [1.807, 2.05) is 31.2 Å². The van der Waals surface area contributed by atoms with Crippen LogP contribution in [0, 0.1) is 5.82 Å². The number of carbonyl (C=O) groups is 1. The minimum atomic E-state index is -0.412. The van der Waals surface area contributed by atoms with Gasteiger partial charge in [0.15, 0.2) is 5.65 Å². The van der Waals surface area contributed by atoms with Gasteiger partial charge in [-0.05, 0) is 30.3 Å². The van der Waals surface area contributed by atoms with E-state index >= 15 is 0 Å². The zero-order chi connectivity index (χ0) is 22.9. The smallest absolute Gasteiger partial charge is 0.254 e. The predicted molar refractivity (Wildman–Crippen MR) is 126 cm³/mol. The van der Waals surface area contributed by atoms with Crippen molar-refractivity contribution < 1.29 is 9.18 Å². The Hall–Kier alpha value is -3.52. The van der Waals surface area contributed by atoms with Crippen molar-refractivity contribution in [3.8, 4) is 5.69 Å². The number of aromatic nitrogens is 4. The summed E-state index contributed by atoms with van der Waals surface area (Å²) in [7, 11) is 0. The van der Waals surface area contributed by atoms with Gasteiger partial charge in [-0.2, -0.15) is 5.10 Å². The second-order valence-electron chi connectivity index (χ2n) is 7.85. The summed E-state index contributed by atoms with van der Waals surface area (Å²) in [6, 6.07) is 13.3. The summed E-state index contributed by atoms with van der Waals surface area (Å²) in [5, 5.41) is 5.97. The van der Waals surface area contributed by atoms with Crippen molar-refractivity contribution in [3.05, 3.63) is 77.0 Å². The molecule has 1 aliphatic heterocycles. The fourth-order valence-corrected chi connectivity index (χ4v) is 4.28. The molecule has 0 atom stereocenters. The lowest BCUT2D eigenvalue weighted by Gasteiger charge is -2.35. The van der Waals surface area contributed by atoms with Crippen LogP contribution in [0.5, 0.6) is 0 Å². The van der Waals surface area contributed by atoms with Gasteiger partial charge in [0.25, 0.3) is 5.91 Å². The number of nitrogens with zero attached hydrogens (tertiary/aromatic N) is 6. The van der Waals surface area contributed by atoms with Gasteiger partial charge in [-0.3, -0.25) is 4.79 Å². The minimum absolute atomic E-state index is 0.164. The SMILES string of the molecule is CCc1nc(N2CCN(C(=O)c3cccc(F)c3)CC2)c2cnn(-c3ccccc3Cl)c2n1. The van der Waals surface area contributed by atoms with Crippen LogP contribution < -0.4 is 4.90 Å². The normalized spacial score (nSPS) is 14.2. The summed E-state index contributed by atoms with van der Waals surface area (Å²) < 4.78 is 15.3. The molecule has 1 saturated heterocycles. The van der Waals surface area contributed by atoms with E-state index in [0.717, 1.165) is 16.9 Å². The maximum absolute atomic E-state index is 13.5. The summed E-state index contributed by atoms with van der Waals surface area (Å²) in [6.45, 7) is 4.25. The van der Waals surface area contributed by atoms with Crippen molar-refractivity contribution in [2.24, 2.45) is 0 Å². The zero-order valence-corrected chi connectivity index (χ0v) is 18.8. The van der Waals surface area contributed by atoms with Crippen LogP contribution in [0.3, 0.4) is 0 Å². The molecule has 1 amide bonds. The lowest BCUT2D eigenvalue weighted by molar-refractivity contribution is 0.0746. The first kappa shape index (κ1) is 21.3. The van der Waals surface area contributed by atoms with Gasteiger partial charge in [-0.25, -0.2) is 19.0 Å². The molecule has 1 aliphatic rings. The first-order valence-electron chi connectivity index (χ1n) is 10.8. The Morgan fingerprint density at radius 1 is 1.06 bits per heavy atom. The Morgan fingerprint density at radius 3 is 2.58 bits per heavy atom. The second kappa shape index (κ2) is 8.78. The number of para-hydroxylation sites is 1. The standard InChI is InChI=1S/C24H22ClFN6O/c1-2-21-28-22(18-15-27-32(23(18)29-21)20-9-4-3-8-19(20)25)30-10-12-31(13-11-30)24(33)16-6-5-7-17(26)14-16/h3-9,14-15H,2,10-13H2,1H3. The van der Waals surface area contributed by atoms with Crippen LogP contribution in [0.1, 0.15) is 23.1 Å². The van der Waals surface area contributed by atoms with E-state index in [-0.39, 0.29) is 5.91 Å². The highest BCUT2D eigenvalue weighted by atomic mass is 35.5. The van der Waals surface area contributed by atoms with E-state index in [0.29, 0.717) is 54.7 Å². The first-order valence-corrected chi connectivity index (χ1v) is 11.2. The molecule has 33 heavy (non-hydrogen) atoms. The van der Waals surface area contributed by atoms with E-state index in [1.165, 1.54) is 12.1 Å². The molecule has 0 bridgehead atoms. The monoisotopic (exact) mass is 464 g/mol. The Bertz CT molecular complexity index is 1330. The summed E-state index contributed by atoms with van der Waals surface area (Å²) in [4.78, 5) is 26.2. The fourth-order valence-electron chi connectivity index (χ4n) is 4.06. The molecule has 9 heteroatoms. The van der Waals surface area contributed by atoms with Crippen molar-refractivity contribution in [1.29, 1.82) is 0 Å². The van der Waals surface area contributed by atoms with Crippen LogP contribution in [0.2, 0.25) is 5.02 Å². The second-order valence-corrected chi connectivity index (χ2v) is 8.26. The van der Waals surface area contributed by atoms with E-state index < -0.39 is 5.82 Å². The fraction of sp³-hybridized carbons (Fsp3) is 0.250. The van der Waals surface area contributed by atoms with Crippen molar-refractivity contribution >= 4 is 34.4 Å². The highest BCUT2D eigenvalue weighted by molar-refractivity contribution is 6.32. The zero-order valence-electron chi connectivity index (χ0n) is 18.1. The molecule has 0 spiro atoms. The average Bonchev–Trinajstić information content (AvgIpc) is 3.27. The number of rotatable bonds is 4. The van der Waals surface area contributed by atoms with E-state index in [9.17, 15) is 9.18 Å². The number of benzene rings is 2. The van der Waals surface area contributed by atoms with Crippen LogP contribution in [0.25, 0.3) is 16.7 Å². The van der Waals surface area contributed by atoms with Gasteiger partial charge in [-0.15, -0.1) is 0 Å². The van der Waals surface area contributed by atoms with E-state index in [2.05, 4.69) is 10.00 Å². The Morgan fingerprint density at radius 2 is 1.85 bits per heavy atom. The van der Waals surface area contributed by atoms with Gasteiger partial charge in [-0.1, -0.05) is 36.7 Å². The van der Waals surface area contributed by atoms with Crippen LogP contribution in [0.4, 0.5) is 10.2 Å². The average molecular weight is 465 g/mol. The van der Waals surface area contributed by atoms with Crippen LogP contribution in [-0.2, 0) is 6.42 Å². The van der Waals surface area contributed by atoms with Gasteiger partial charge in [0.2, 0.25) is 0 Å². The van der Waals surface area contributed by atoms with Gasteiger partial charge < -0.3 is 9.80 Å². The Labute approximate surface area is 195 Å². The van der Waals surface area contributed by atoms with Crippen molar-refractivity contribution in [2.75, 3.05) is 31.1 Å². The number of amides is 1. The Kier molecular flexibility index (Phi) is 5.68. The number of hydrogen-bond acceptors (Lipinski definition) is 5. The summed E-state index contributed by atoms with van der Waals surface area (Å²) >= 11 is 6.41. The highest BCUT2D eigenvalue weighted by Crippen LogP contribution is 2.29. The minimum Gasteiger partial charge on any atom is -0.352 e. The summed E-state index contributed by atoms with van der Waals surface area (Å²) in [5.74, 6) is 0.936.